The fourth-order valence-electron chi connectivity index (χ4n) is 4.27. The van der Waals surface area contributed by atoms with Crippen molar-refractivity contribution in [2.45, 2.75) is 57.9 Å². The molecule has 6 nitrogen and oxygen atoms in total. The first-order valence-corrected chi connectivity index (χ1v) is 11.1. The zero-order valence-corrected chi connectivity index (χ0v) is 17.2. The number of hydrogen-bond donors (Lipinski definition) is 2. The standard InChI is InChI=1S/C23H32N4O2/c28-22-20-10-2-3-11-21(20)25-23(26-22)24-12-7-15-29-19-9-6-8-18(16-19)17-27-13-4-1-5-14-27/h6,8-9,16H,1-5,7,10-15,17H2,(H2,24,25,26,28). The molecule has 1 aromatic carbocycles. The molecule has 2 aromatic rings. The van der Waals surface area contributed by atoms with Gasteiger partial charge in [0.25, 0.3) is 5.56 Å². The molecule has 0 atom stereocenters. The molecule has 4 rings (SSSR count). The molecule has 0 bridgehead atoms. The van der Waals surface area contributed by atoms with Crippen molar-refractivity contribution in [3.63, 3.8) is 0 Å². The molecule has 0 radical (unpaired) electrons. The van der Waals surface area contributed by atoms with Gasteiger partial charge in [-0.1, -0.05) is 18.6 Å². The Hall–Kier alpha value is -2.34. The van der Waals surface area contributed by atoms with Crippen LogP contribution in [0.3, 0.4) is 0 Å². The van der Waals surface area contributed by atoms with Gasteiger partial charge in [-0.2, -0.15) is 0 Å². The van der Waals surface area contributed by atoms with Gasteiger partial charge in [-0.3, -0.25) is 14.7 Å². The van der Waals surface area contributed by atoms with Gasteiger partial charge in [0, 0.05) is 18.7 Å². The van der Waals surface area contributed by atoms with Crippen molar-refractivity contribution < 1.29 is 4.74 Å². The zero-order valence-electron chi connectivity index (χ0n) is 17.2. The lowest BCUT2D eigenvalue weighted by molar-refractivity contribution is 0.220. The second-order valence-corrected chi connectivity index (χ2v) is 8.16. The average Bonchev–Trinajstić information content (AvgIpc) is 2.75. The summed E-state index contributed by atoms with van der Waals surface area (Å²) >= 11 is 0. The molecular formula is C23H32N4O2. The Balaban J connectivity index is 1.21. The second kappa shape index (κ2) is 9.92. The number of anilines is 1. The smallest absolute Gasteiger partial charge is 0.255 e. The average molecular weight is 397 g/mol. The minimum atomic E-state index is 0.0129. The highest BCUT2D eigenvalue weighted by Gasteiger charge is 2.15. The summed E-state index contributed by atoms with van der Waals surface area (Å²) in [5.41, 5.74) is 3.16. The van der Waals surface area contributed by atoms with Crippen LogP contribution in [0.2, 0.25) is 0 Å². The SMILES string of the molecule is O=c1[nH]c(NCCCOc2cccc(CN3CCCCC3)c2)nc2c1CCCC2. The maximum absolute atomic E-state index is 12.2. The van der Waals surface area contributed by atoms with E-state index >= 15 is 0 Å². The van der Waals surface area contributed by atoms with E-state index in [4.69, 9.17) is 4.74 Å². The van der Waals surface area contributed by atoms with Crippen molar-refractivity contribution in [1.29, 1.82) is 0 Å². The summed E-state index contributed by atoms with van der Waals surface area (Å²) in [6, 6.07) is 8.44. The molecule has 0 spiro atoms. The number of hydrogen-bond acceptors (Lipinski definition) is 5. The number of nitrogens with one attached hydrogen (secondary N) is 2. The van der Waals surface area contributed by atoms with Crippen LogP contribution < -0.4 is 15.6 Å². The molecule has 2 heterocycles. The first-order chi connectivity index (χ1) is 14.3. The minimum Gasteiger partial charge on any atom is -0.494 e. The van der Waals surface area contributed by atoms with Crippen LogP contribution in [0.4, 0.5) is 5.95 Å². The van der Waals surface area contributed by atoms with Gasteiger partial charge in [0.05, 0.1) is 12.3 Å². The highest BCUT2D eigenvalue weighted by Crippen LogP contribution is 2.18. The molecule has 1 fully saturated rings. The molecular weight excluding hydrogens is 364 g/mol. The number of aromatic amines is 1. The Labute approximate surface area is 172 Å². The van der Waals surface area contributed by atoms with Crippen LogP contribution in [0, 0.1) is 0 Å². The number of ether oxygens (including phenoxy) is 1. The lowest BCUT2D eigenvalue weighted by Gasteiger charge is -2.26. The number of likely N-dealkylation sites (tertiary alicyclic amines) is 1. The summed E-state index contributed by atoms with van der Waals surface area (Å²) in [5, 5.41) is 3.23. The third kappa shape index (κ3) is 5.60. The Morgan fingerprint density at radius 1 is 1.10 bits per heavy atom. The van der Waals surface area contributed by atoms with Crippen molar-refractivity contribution in [3.05, 3.63) is 51.4 Å². The third-order valence-corrected chi connectivity index (χ3v) is 5.83. The van der Waals surface area contributed by atoms with Crippen molar-refractivity contribution >= 4 is 5.95 Å². The van der Waals surface area contributed by atoms with Gasteiger partial charge in [-0.05, 0) is 75.7 Å². The van der Waals surface area contributed by atoms with Crippen LogP contribution in [0.15, 0.2) is 29.1 Å². The van der Waals surface area contributed by atoms with Crippen LogP contribution >= 0.6 is 0 Å². The number of aromatic nitrogens is 2. The predicted octanol–water partition coefficient (Wildman–Crippen LogP) is 3.52. The lowest BCUT2D eigenvalue weighted by Crippen LogP contribution is -2.29. The molecule has 1 aliphatic heterocycles. The molecule has 0 amide bonds. The maximum Gasteiger partial charge on any atom is 0.255 e. The van der Waals surface area contributed by atoms with Crippen molar-refractivity contribution in [3.8, 4) is 5.75 Å². The molecule has 1 aromatic heterocycles. The topological polar surface area (TPSA) is 70.2 Å². The van der Waals surface area contributed by atoms with Crippen molar-refractivity contribution in [2.24, 2.45) is 0 Å². The summed E-state index contributed by atoms with van der Waals surface area (Å²) in [6.45, 7) is 4.77. The summed E-state index contributed by atoms with van der Waals surface area (Å²) in [6.07, 6.45) is 8.79. The predicted molar refractivity (Wildman–Crippen MR) is 116 cm³/mol. The largest absolute Gasteiger partial charge is 0.494 e. The van der Waals surface area contributed by atoms with E-state index in [0.717, 1.165) is 62.2 Å². The first kappa shape index (κ1) is 20.0. The third-order valence-electron chi connectivity index (χ3n) is 5.83. The fraction of sp³-hybridized carbons (Fsp3) is 0.565. The summed E-state index contributed by atoms with van der Waals surface area (Å²) in [7, 11) is 0. The molecule has 0 saturated carbocycles. The van der Waals surface area contributed by atoms with Gasteiger partial charge in [0.15, 0.2) is 0 Å². The summed E-state index contributed by atoms with van der Waals surface area (Å²) in [5.74, 6) is 1.51. The van der Waals surface area contributed by atoms with E-state index in [-0.39, 0.29) is 5.56 Å². The number of nitrogens with zero attached hydrogens (tertiary/aromatic N) is 2. The maximum atomic E-state index is 12.2. The van der Waals surface area contributed by atoms with Gasteiger partial charge in [0.1, 0.15) is 5.75 Å². The highest BCUT2D eigenvalue weighted by atomic mass is 16.5. The van der Waals surface area contributed by atoms with Crippen molar-refractivity contribution in [2.75, 3.05) is 31.6 Å². The Bertz CT molecular complexity index is 858. The van der Waals surface area contributed by atoms with Crippen LogP contribution in [0.5, 0.6) is 5.75 Å². The van der Waals surface area contributed by atoms with E-state index in [1.165, 1.54) is 37.9 Å². The van der Waals surface area contributed by atoms with Crippen LogP contribution in [0.1, 0.15) is 55.3 Å². The number of benzene rings is 1. The van der Waals surface area contributed by atoms with Gasteiger partial charge in [-0.15, -0.1) is 0 Å². The first-order valence-electron chi connectivity index (χ1n) is 11.1. The molecule has 1 saturated heterocycles. The Morgan fingerprint density at radius 3 is 2.86 bits per heavy atom. The molecule has 6 heteroatoms. The molecule has 29 heavy (non-hydrogen) atoms. The van der Waals surface area contributed by atoms with Gasteiger partial charge in [0.2, 0.25) is 5.95 Å². The number of fused-ring (bicyclic) bond motifs is 1. The monoisotopic (exact) mass is 396 g/mol. The van der Waals surface area contributed by atoms with Crippen LogP contribution in [0.25, 0.3) is 0 Å². The van der Waals surface area contributed by atoms with Gasteiger partial charge >= 0.3 is 0 Å². The molecule has 2 aliphatic rings. The van der Waals surface area contributed by atoms with E-state index in [1.54, 1.807) is 0 Å². The molecule has 1 aliphatic carbocycles. The van der Waals surface area contributed by atoms with E-state index in [0.29, 0.717) is 12.6 Å². The van der Waals surface area contributed by atoms with E-state index in [1.807, 2.05) is 6.07 Å². The normalized spacial score (nSPS) is 17.0. The van der Waals surface area contributed by atoms with Gasteiger partial charge in [-0.25, -0.2) is 4.98 Å². The quantitative estimate of drug-likeness (QED) is 0.668. The summed E-state index contributed by atoms with van der Waals surface area (Å²) in [4.78, 5) is 22.1. The number of aryl methyl sites for hydroxylation is 1. The fourth-order valence-corrected chi connectivity index (χ4v) is 4.27. The van der Waals surface area contributed by atoms with E-state index in [2.05, 4.69) is 38.4 Å². The highest BCUT2D eigenvalue weighted by molar-refractivity contribution is 5.31. The zero-order chi connectivity index (χ0) is 19.9. The van der Waals surface area contributed by atoms with Crippen LogP contribution in [-0.2, 0) is 19.4 Å². The lowest BCUT2D eigenvalue weighted by atomic mass is 9.97. The van der Waals surface area contributed by atoms with Gasteiger partial charge < -0.3 is 10.1 Å². The Kier molecular flexibility index (Phi) is 6.83. The van der Waals surface area contributed by atoms with E-state index < -0.39 is 0 Å². The Morgan fingerprint density at radius 2 is 1.97 bits per heavy atom. The number of rotatable bonds is 8. The number of H-pyrrole nitrogens is 1. The number of piperidine rings is 1. The van der Waals surface area contributed by atoms with Crippen molar-refractivity contribution in [1.82, 2.24) is 14.9 Å². The van der Waals surface area contributed by atoms with Crippen LogP contribution in [-0.4, -0.2) is 41.1 Å². The molecule has 2 N–H and O–H groups in total. The molecule has 0 unspecified atom stereocenters. The summed E-state index contributed by atoms with van der Waals surface area (Å²) < 4.78 is 5.94. The van der Waals surface area contributed by atoms with E-state index in [9.17, 15) is 4.79 Å². The second-order valence-electron chi connectivity index (χ2n) is 8.16. The molecule has 156 valence electrons. The minimum absolute atomic E-state index is 0.0129.